The molecule has 0 amide bonds. The fraction of sp³-hybridized carbons (Fsp3) is 1.00. The lowest BCUT2D eigenvalue weighted by atomic mass is 10.2. The Balaban J connectivity index is -0.00000102. The zero-order valence-corrected chi connectivity index (χ0v) is 54.3. The third-order valence-electron chi connectivity index (χ3n) is 14.2. The summed E-state index contributed by atoms with van der Waals surface area (Å²) < 4.78 is 86.6. The molecule has 396 valence electrons. The summed E-state index contributed by atoms with van der Waals surface area (Å²) >= 11 is 0. The highest BCUT2D eigenvalue weighted by Gasteiger charge is 2.51. The Morgan fingerprint density at radius 1 is 0.585 bits per heavy atom. The molecule has 0 aliphatic carbocycles. The molecule has 0 radical (unpaired) electrons. The van der Waals surface area contributed by atoms with Gasteiger partial charge in [-0.05, 0) is 157 Å². The van der Waals surface area contributed by atoms with Gasteiger partial charge in [-0.1, -0.05) is 90.5 Å². The molecule has 1 aliphatic heterocycles. The van der Waals surface area contributed by atoms with Crippen LogP contribution in [0.3, 0.4) is 0 Å². The molecule has 0 unspecified atom stereocenters. The van der Waals surface area contributed by atoms with Gasteiger partial charge in [-0.25, -0.2) is 8.42 Å². The fourth-order valence-corrected chi connectivity index (χ4v) is 34.2. The average Bonchev–Trinajstić information content (AvgIpc) is 2.99. The first-order valence-electron chi connectivity index (χ1n) is 23.9. The summed E-state index contributed by atoms with van der Waals surface area (Å²) in [4.78, 5) is 2.26. The summed E-state index contributed by atoms with van der Waals surface area (Å²) in [6.45, 7) is 54.2. The van der Waals surface area contributed by atoms with Gasteiger partial charge in [0.15, 0.2) is 33.3 Å². The first-order chi connectivity index (χ1) is 27.9. The number of hydrogen-bond donors (Lipinski definition) is 0. The van der Waals surface area contributed by atoms with Crippen molar-refractivity contribution < 1.29 is 46.5 Å². The van der Waals surface area contributed by atoms with Crippen molar-refractivity contribution >= 4 is 70.6 Å². The predicted octanol–water partition coefficient (Wildman–Crippen LogP) is 12.7. The van der Waals surface area contributed by atoms with E-state index in [-0.39, 0.29) is 39.1 Å². The molecule has 0 aromatic heterocycles. The minimum Gasteiger partial charge on any atom is -0.748 e. The molecule has 1 saturated heterocycles. The molecule has 0 aromatic carbocycles. The summed E-state index contributed by atoms with van der Waals surface area (Å²) in [7, 11) is -10.8. The highest BCUT2D eigenvalue weighted by Crippen LogP contribution is 2.45. The largest absolute Gasteiger partial charge is 0.748 e. The zero-order valence-electron chi connectivity index (χ0n) is 46.7. The van der Waals surface area contributed by atoms with E-state index in [1.165, 1.54) is 0 Å². The van der Waals surface area contributed by atoms with Gasteiger partial charge in [-0.15, -0.1) is 0 Å². The lowest BCUT2D eigenvalue weighted by Crippen LogP contribution is -2.59. The third-order valence-corrected chi connectivity index (χ3v) is 48.3. The minimum atomic E-state index is -4.11. The van der Waals surface area contributed by atoms with Crippen LogP contribution in [0.15, 0.2) is 0 Å². The van der Waals surface area contributed by atoms with Gasteiger partial charge in [0.1, 0.15) is 0 Å². The molecule has 1 heterocycles. The van der Waals surface area contributed by atoms with Crippen molar-refractivity contribution in [2.24, 2.45) is 0 Å². The van der Waals surface area contributed by atoms with Crippen molar-refractivity contribution in [1.29, 1.82) is 0 Å². The van der Waals surface area contributed by atoms with Crippen LogP contribution in [0.4, 0.5) is 0 Å². The summed E-state index contributed by atoms with van der Waals surface area (Å²) in [5.41, 5.74) is 0. The van der Waals surface area contributed by atoms with Crippen molar-refractivity contribution in [2.45, 2.75) is 227 Å². The van der Waals surface area contributed by atoms with Gasteiger partial charge in [0.2, 0.25) is 0 Å². The average molecular weight is 1070 g/mol. The maximum Gasteiger partial charge on any atom is 0.314 e. The Labute approximate surface area is 412 Å². The Morgan fingerprint density at radius 2 is 0.908 bits per heavy atom. The van der Waals surface area contributed by atoms with E-state index in [2.05, 4.69) is 186 Å². The van der Waals surface area contributed by atoms with Gasteiger partial charge >= 0.3 is 17.1 Å². The van der Waals surface area contributed by atoms with Gasteiger partial charge in [-0.3, -0.25) is 4.18 Å². The summed E-state index contributed by atoms with van der Waals surface area (Å²) in [6.07, 6.45) is 4.96. The van der Waals surface area contributed by atoms with Crippen LogP contribution in [-0.2, 0) is 40.9 Å². The predicted molar refractivity (Wildman–Crippen MR) is 295 cm³/mol. The molecular weight excluding hydrogens is 961 g/mol. The zero-order chi connectivity index (χ0) is 51.5. The van der Waals surface area contributed by atoms with E-state index in [1.807, 2.05) is 0 Å². The van der Waals surface area contributed by atoms with E-state index < -0.39 is 70.6 Å². The quantitative estimate of drug-likeness (QED) is 0.0357. The summed E-state index contributed by atoms with van der Waals surface area (Å²) in [5, 5.41) is 0.712. The number of rotatable bonds is 21. The molecule has 0 N–H and O–H groups in total. The standard InChI is InChI=1S/C22H53NO5SSi3.C18H45NO2Si3.C4H8O3S.CH4/c1-21(2,3)30(9,10)27-32(13,28-31(11,12)22(4,5)6)20-16-18-23(7,8)17-14-15-19-29(24,25)26;1-17(2,3)22(9,10)20-24(13,16-14-15-19(7)8)21-23(11,12)18(4,5)6;5-8(6)4-2-1-3-7-8;/h14-20H2,1-13H3;14-16H2,1-13H3;1-4H2;1H4. The maximum atomic E-state index is 10.8. The van der Waals surface area contributed by atoms with Crippen LogP contribution in [-0.4, -0.2) is 147 Å². The molecule has 1 fully saturated rings. The molecule has 65 heavy (non-hydrogen) atoms. The van der Waals surface area contributed by atoms with Crippen LogP contribution in [0.5, 0.6) is 0 Å². The molecule has 12 nitrogen and oxygen atoms in total. The molecule has 1 aliphatic rings. The normalized spacial score (nSPS) is 16.6. The van der Waals surface area contributed by atoms with Crippen molar-refractivity contribution in [2.75, 3.05) is 65.9 Å². The first kappa shape index (κ1) is 70.1. The second-order valence-corrected chi connectivity index (χ2v) is 56.0. The van der Waals surface area contributed by atoms with E-state index in [0.29, 0.717) is 13.0 Å². The van der Waals surface area contributed by atoms with E-state index >= 15 is 0 Å². The topological polar surface area (TPSA) is 141 Å². The Hall–Kier alpha value is 0.881. The van der Waals surface area contributed by atoms with Crippen molar-refractivity contribution in [3.8, 4) is 0 Å². The minimum absolute atomic E-state index is 0. The van der Waals surface area contributed by atoms with Gasteiger partial charge in [0.25, 0.3) is 10.1 Å². The molecule has 0 aromatic rings. The highest BCUT2D eigenvalue weighted by atomic mass is 32.2. The van der Waals surface area contributed by atoms with E-state index in [0.717, 1.165) is 68.3 Å². The van der Waals surface area contributed by atoms with Crippen LogP contribution < -0.4 is 0 Å². The van der Waals surface area contributed by atoms with E-state index in [4.69, 9.17) is 16.5 Å². The van der Waals surface area contributed by atoms with Crippen LogP contribution >= 0.6 is 0 Å². The molecule has 1 rings (SSSR count). The van der Waals surface area contributed by atoms with Gasteiger partial charge in [-0.2, -0.15) is 8.42 Å². The smallest absolute Gasteiger partial charge is 0.314 e. The van der Waals surface area contributed by atoms with Gasteiger partial charge in [0.05, 0.1) is 49.7 Å². The summed E-state index contributed by atoms with van der Waals surface area (Å²) in [5.74, 6) is -0.0638. The van der Waals surface area contributed by atoms with E-state index in [1.54, 1.807) is 0 Å². The third kappa shape index (κ3) is 28.5. The van der Waals surface area contributed by atoms with Crippen molar-refractivity contribution in [1.82, 2.24) is 4.90 Å². The van der Waals surface area contributed by atoms with Crippen molar-refractivity contribution in [3.63, 3.8) is 0 Å². The highest BCUT2D eigenvalue weighted by molar-refractivity contribution is 7.86. The van der Waals surface area contributed by atoms with Gasteiger partial charge in [0, 0.05) is 5.75 Å². The molecule has 20 heteroatoms. The lowest BCUT2D eigenvalue weighted by Gasteiger charge is -2.48. The Bertz CT molecular complexity index is 1530. The molecule has 0 saturated carbocycles. The van der Waals surface area contributed by atoms with Crippen LogP contribution in [0.2, 0.25) is 97.7 Å². The monoisotopic (exact) mass is 1070 g/mol. The number of nitrogens with zero attached hydrogens (tertiary/aromatic N) is 2. The summed E-state index contributed by atoms with van der Waals surface area (Å²) in [6, 6.07) is 2.05. The molecular formula is C45H110N2O10S2Si6. The Kier molecular flexibility index (Phi) is 28.1. The second kappa shape index (κ2) is 26.0. The molecule has 0 atom stereocenters. The Morgan fingerprint density at radius 3 is 1.15 bits per heavy atom. The number of quaternary nitrogens is 1. The van der Waals surface area contributed by atoms with Crippen LogP contribution in [0.25, 0.3) is 0 Å². The SMILES string of the molecule is C.CC(C)(C)[Si](C)(C)O[Si](C)(CCC[N+](C)(C)CCCCS(=O)(=O)[O-])O[Si](C)(C)C(C)(C)C.CN(C)CCC[Si](C)(O[Si](C)(C)C(C)(C)C)O[Si](C)(C)C(C)(C)C.O=S1(=O)CCCCO1. The molecule has 0 bridgehead atoms. The number of hydrogen-bond acceptors (Lipinski definition) is 11. The number of unbranched alkanes of at least 4 members (excludes halogenated alkanes) is 1. The van der Waals surface area contributed by atoms with Crippen LogP contribution in [0.1, 0.15) is 129 Å². The second-order valence-electron chi connectivity index (χ2n) is 25.9. The van der Waals surface area contributed by atoms with Crippen LogP contribution in [0, 0.1) is 0 Å². The lowest BCUT2D eigenvalue weighted by molar-refractivity contribution is -0.890. The fourth-order valence-electron chi connectivity index (χ4n) is 6.12. The van der Waals surface area contributed by atoms with Crippen molar-refractivity contribution in [3.05, 3.63) is 0 Å². The van der Waals surface area contributed by atoms with E-state index in [9.17, 15) is 21.4 Å². The molecule has 0 spiro atoms. The van der Waals surface area contributed by atoms with Gasteiger partial charge < -0.3 is 30.4 Å². The first-order valence-corrected chi connectivity index (χ1v) is 43.8. The maximum absolute atomic E-state index is 10.8.